The molecule has 0 aliphatic rings. The quantitative estimate of drug-likeness (QED) is 0.904. The molecular weight excluding hydrogens is 275 g/mol. The normalized spacial score (nSPS) is 11.5. The number of carbonyl (C=O) groups is 2. The van der Waals surface area contributed by atoms with Gasteiger partial charge in [-0.1, -0.05) is 42.5 Å². The molecule has 5 nitrogen and oxygen atoms in total. The Morgan fingerprint density at radius 3 is 2.29 bits per heavy atom. The Hall–Kier alpha value is -2.89. The molecule has 0 spiro atoms. The van der Waals surface area contributed by atoms with Crippen LogP contribution in [0.5, 0.6) is 5.75 Å². The summed E-state index contributed by atoms with van der Waals surface area (Å²) in [5.74, 6) is -1.46. The minimum absolute atomic E-state index is 0.0917. The molecule has 21 heavy (non-hydrogen) atoms. The summed E-state index contributed by atoms with van der Waals surface area (Å²) < 4.78 is 19.0. The average molecular weight is 288 g/mol. The highest BCUT2D eigenvalue weighted by molar-refractivity contribution is 5.96. The molecule has 0 aromatic heterocycles. The van der Waals surface area contributed by atoms with Crippen LogP contribution in [-0.4, -0.2) is 11.9 Å². The van der Waals surface area contributed by atoms with E-state index in [0.29, 0.717) is 5.56 Å². The van der Waals surface area contributed by atoms with E-state index in [1.165, 1.54) is 18.2 Å². The number of ether oxygens (including phenoxy) is 1. The van der Waals surface area contributed by atoms with Gasteiger partial charge in [-0.2, -0.15) is 0 Å². The molecule has 0 bridgehead atoms. The first-order valence-corrected chi connectivity index (χ1v) is 6.14. The van der Waals surface area contributed by atoms with Gasteiger partial charge in [0.05, 0.1) is 0 Å². The van der Waals surface area contributed by atoms with E-state index >= 15 is 0 Å². The number of nitrogens with two attached hydrogens (primary N) is 1. The van der Waals surface area contributed by atoms with Gasteiger partial charge in [0, 0.05) is 5.56 Å². The van der Waals surface area contributed by atoms with Gasteiger partial charge < -0.3 is 10.5 Å². The first-order valence-electron chi connectivity index (χ1n) is 6.14. The number of para-hydroxylation sites is 1. The first kappa shape index (κ1) is 14.5. The Labute approximate surface area is 120 Å². The van der Waals surface area contributed by atoms with Crippen molar-refractivity contribution in [3.8, 4) is 5.75 Å². The van der Waals surface area contributed by atoms with E-state index in [0.717, 1.165) is 0 Å². The fourth-order valence-electron chi connectivity index (χ4n) is 1.76. The van der Waals surface area contributed by atoms with Crippen molar-refractivity contribution in [2.75, 3.05) is 0 Å². The number of imide groups is 1. The number of urea groups is 1. The third-order valence-corrected chi connectivity index (χ3v) is 2.67. The maximum atomic E-state index is 13.6. The Morgan fingerprint density at radius 2 is 1.67 bits per heavy atom. The van der Waals surface area contributed by atoms with Gasteiger partial charge in [0.15, 0.2) is 11.6 Å². The third-order valence-electron chi connectivity index (χ3n) is 2.67. The van der Waals surface area contributed by atoms with Gasteiger partial charge in [-0.25, -0.2) is 9.18 Å². The summed E-state index contributed by atoms with van der Waals surface area (Å²) in [6, 6.07) is 13.1. The van der Waals surface area contributed by atoms with E-state index in [1.807, 2.05) is 5.32 Å². The van der Waals surface area contributed by atoms with E-state index < -0.39 is 23.9 Å². The second-order valence-corrected chi connectivity index (χ2v) is 4.19. The van der Waals surface area contributed by atoms with Crippen LogP contribution in [0.2, 0.25) is 0 Å². The van der Waals surface area contributed by atoms with Crippen LogP contribution < -0.4 is 15.8 Å². The van der Waals surface area contributed by atoms with Gasteiger partial charge in [0.2, 0.25) is 6.10 Å². The molecule has 0 aliphatic carbocycles. The number of hydrogen-bond donors (Lipinski definition) is 2. The standard InChI is InChI=1S/C15H13FN2O3/c16-11-8-4-5-9-12(11)21-13(14(19)18-15(17)20)10-6-2-1-3-7-10/h1-9,13H,(H3,17,18,19,20)/t13-/m0/s1. The van der Waals surface area contributed by atoms with E-state index in [2.05, 4.69) is 0 Å². The Kier molecular flexibility index (Phi) is 4.50. The lowest BCUT2D eigenvalue weighted by Crippen LogP contribution is -2.40. The minimum Gasteiger partial charge on any atom is -0.473 e. The van der Waals surface area contributed by atoms with Gasteiger partial charge in [-0.05, 0) is 12.1 Å². The predicted molar refractivity (Wildman–Crippen MR) is 73.9 cm³/mol. The average Bonchev–Trinajstić information content (AvgIpc) is 2.46. The van der Waals surface area contributed by atoms with Gasteiger partial charge in [-0.3, -0.25) is 10.1 Å². The molecule has 3 amide bonds. The molecule has 0 heterocycles. The van der Waals surface area contributed by atoms with Crippen LogP contribution in [0.25, 0.3) is 0 Å². The molecule has 108 valence electrons. The number of amides is 3. The highest BCUT2D eigenvalue weighted by Gasteiger charge is 2.24. The Morgan fingerprint density at radius 1 is 1.05 bits per heavy atom. The zero-order chi connectivity index (χ0) is 15.2. The van der Waals surface area contributed by atoms with Crippen molar-refractivity contribution in [3.63, 3.8) is 0 Å². The summed E-state index contributed by atoms with van der Waals surface area (Å²) in [6.07, 6.45) is -1.18. The highest BCUT2D eigenvalue weighted by Crippen LogP contribution is 2.24. The molecule has 2 rings (SSSR count). The first-order chi connectivity index (χ1) is 10.1. The monoisotopic (exact) mass is 288 g/mol. The van der Waals surface area contributed by atoms with E-state index in [1.54, 1.807) is 36.4 Å². The lowest BCUT2D eigenvalue weighted by molar-refractivity contribution is -0.127. The molecule has 0 aliphatic heterocycles. The van der Waals surface area contributed by atoms with Crippen molar-refractivity contribution < 1.29 is 18.7 Å². The molecule has 2 aromatic rings. The van der Waals surface area contributed by atoms with Gasteiger partial charge in [-0.15, -0.1) is 0 Å². The number of hydrogen-bond acceptors (Lipinski definition) is 3. The summed E-state index contributed by atoms with van der Waals surface area (Å²) in [4.78, 5) is 22.8. The van der Waals surface area contributed by atoms with Gasteiger partial charge >= 0.3 is 6.03 Å². The maximum absolute atomic E-state index is 13.6. The number of rotatable bonds is 4. The zero-order valence-electron chi connectivity index (χ0n) is 11.0. The van der Waals surface area contributed by atoms with Crippen LogP contribution >= 0.6 is 0 Å². The number of benzene rings is 2. The highest BCUT2D eigenvalue weighted by atomic mass is 19.1. The van der Waals surface area contributed by atoms with Crippen LogP contribution in [0.15, 0.2) is 54.6 Å². The molecule has 2 aromatic carbocycles. The van der Waals surface area contributed by atoms with Crippen LogP contribution in [0.3, 0.4) is 0 Å². The number of carbonyl (C=O) groups excluding carboxylic acids is 2. The second-order valence-electron chi connectivity index (χ2n) is 4.19. The molecule has 0 radical (unpaired) electrons. The molecule has 1 atom stereocenters. The summed E-state index contributed by atoms with van der Waals surface area (Å²) >= 11 is 0. The summed E-state index contributed by atoms with van der Waals surface area (Å²) in [7, 11) is 0. The van der Waals surface area contributed by atoms with E-state index in [4.69, 9.17) is 10.5 Å². The largest absolute Gasteiger partial charge is 0.473 e. The molecule has 3 N–H and O–H groups in total. The summed E-state index contributed by atoms with van der Waals surface area (Å²) in [5, 5.41) is 1.93. The molecule has 6 heteroatoms. The van der Waals surface area contributed by atoms with Crippen molar-refractivity contribution in [1.29, 1.82) is 0 Å². The van der Waals surface area contributed by atoms with Gasteiger partial charge in [0.1, 0.15) is 0 Å². The third kappa shape index (κ3) is 3.79. The fourth-order valence-corrected chi connectivity index (χ4v) is 1.76. The molecule has 0 saturated carbocycles. The Balaban J connectivity index is 2.30. The maximum Gasteiger partial charge on any atom is 0.318 e. The van der Waals surface area contributed by atoms with Crippen LogP contribution in [0, 0.1) is 5.82 Å². The number of primary amides is 1. The lowest BCUT2D eigenvalue weighted by Gasteiger charge is -2.18. The minimum atomic E-state index is -1.18. The molecule has 0 fully saturated rings. The van der Waals surface area contributed by atoms with Gasteiger partial charge in [0.25, 0.3) is 5.91 Å². The zero-order valence-corrected chi connectivity index (χ0v) is 11.0. The van der Waals surface area contributed by atoms with Crippen LogP contribution in [0.1, 0.15) is 11.7 Å². The van der Waals surface area contributed by atoms with Crippen LogP contribution in [0.4, 0.5) is 9.18 Å². The summed E-state index contributed by atoms with van der Waals surface area (Å²) in [6.45, 7) is 0. The molecule has 0 unspecified atom stereocenters. The second kappa shape index (κ2) is 6.51. The number of halogens is 1. The topological polar surface area (TPSA) is 81.4 Å². The van der Waals surface area contributed by atoms with Crippen molar-refractivity contribution in [3.05, 3.63) is 66.0 Å². The smallest absolute Gasteiger partial charge is 0.318 e. The molecular formula is C15H13FN2O3. The van der Waals surface area contributed by atoms with E-state index in [-0.39, 0.29) is 5.75 Å². The fraction of sp³-hybridized carbons (Fsp3) is 0.0667. The van der Waals surface area contributed by atoms with Crippen molar-refractivity contribution in [1.82, 2.24) is 5.32 Å². The van der Waals surface area contributed by atoms with Crippen LogP contribution in [-0.2, 0) is 4.79 Å². The van der Waals surface area contributed by atoms with Crippen molar-refractivity contribution >= 4 is 11.9 Å². The van der Waals surface area contributed by atoms with Crippen molar-refractivity contribution in [2.45, 2.75) is 6.10 Å². The number of nitrogens with one attached hydrogen (secondary N) is 1. The SMILES string of the molecule is NC(=O)NC(=O)[C@@H](Oc1ccccc1F)c1ccccc1. The van der Waals surface area contributed by atoms with E-state index in [9.17, 15) is 14.0 Å². The Bertz CT molecular complexity index is 646. The summed E-state index contributed by atoms with van der Waals surface area (Å²) in [5.41, 5.74) is 5.40. The predicted octanol–water partition coefficient (Wildman–Crippen LogP) is 2.14. The molecule has 0 saturated heterocycles. The lowest BCUT2D eigenvalue weighted by atomic mass is 10.1. The van der Waals surface area contributed by atoms with Crippen molar-refractivity contribution in [2.24, 2.45) is 5.73 Å².